The van der Waals surface area contributed by atoms with Crippen molar-refractivity contribution in [1.82, 2.24) is 4.98 Å². The molecule has 1 fully saturated rings. The molecule has 1 aromatic heterocycles. The van der Waals surface area contributed by atoms with Crippen molar-refractivity contribution in [3.63, 3.8) is 0 Å². The molecule has 1 aliphatic carbocycles. The molecule has 0 radical (unpaired) electrons. The fourth-order valence-electron chi connectivity index (χ4n) is 2.76. The molecule has 1 heterocycles. The third-order valence-corrected chi connectivity index (χ3v) is 4.25. The molecule has 1 aromatic rings. The second kappa shape index (κ2) is 4.99. The lowest BCUT2D eigenvalue weighted by Gasteiger charge is -2.31. The zero-order chi connectivity index (χ0) is 12.4. The lowest BCUT2D eigenvalue weighted by Crippen LogP contribution is -2.26. The van der Waals surface area contributed by atoms with E-state index in [4.69, 9.17) is 0 Å². The molecule has 17 heavy (non-hydrogen) atoms. The Balaban J connectivity index is 2.14. The van der Waals surface area contributed by atoms with Gasteiger partial charge in [0.1, 0.15) is 0 Å². The number of pyridine rings is 1. The minimum absolute atomic E-state index is 0.224. The standard InChI is InChI=1S/C15H21NO/c1-10-4-5-13(8-11(10)2)15(17)14-6-7-16-9-12(14)3/h6-7,9-11,13H,4-5,8H2,1-3H3. The van der Waals surface area contributed by atoms with Crippen molar-refractivity contribution in [1.29, 1.82) is 0 Å². The molecule has 2 rings (SSSR count). The van der Waals surface area contributed by atoms with E-state index in [1.807, 2.05) is 13.0 Å². The smallest absolute Gasteiger partial charge is 0.166 e. The second-order valence-electron chi connectivity index (χ2n) is 5.52. The van der Waals surface area contributed by atoms with Crippen LogP contribution < -0.4 is 0 Å². The SMILES string of the molecule is Cc1cnccc1C(=O)C1CCC(C)C(C)C1. The molecule has 1 saturated carbocycles. The lowest BCUT2D eigenvalue weighted by atomic mass is 9.73. The summed E-state index contributed by atoms with van der Waals surface area (Å²) in [5, 5.41) is 0. The molecule has 2 nitrogen and oxygen atoms in total. The van der Waals surface area contributed by atoms with Gasteiger partial charge in [0.25, 0.3) is 0 Å². The summed E-state index contributed by atoms with van der Waals surface area (Å²) in [6.07, 6.45) is 6.77. The number of hydrogen-bond acceptors (Lipinski definition) is 2. The summed E-state index contributed by atoms with van der Waals surface area (Å²) in [6.45, 7) is 6.53. The average molecular weight is 231 g/mol. The minimum atomic E-state index is 0.224. The zero-order valence-corrected chi connectivity index (χ0v) is 10.9. The first-order chi connectivity index (χ1) is 8.09. The van der Waals surface area contributed by atoms with Crippen LogP contribution in [0, 0.1) is 24.7 Å². The number of Topliss-reactive ketones (excluding diaryl/α,β-unsaturated/α-hetero) is 1. The molecule has 0 N–H and O–H groups in total. The number of hydrogen-bond donors (Lipinski definition) is 0. The highest BCUT2D eigenvalue weighted by molar-refractivity contribution is 5.99. The molecule has 0 amide bonds. The van der Waals surface area contributed by atoms with Crippen LogP contribution in [0.4, 0.5) is 0 Å². The Labute approximate surface area is 103 Å². The molecule has 3 atom stereocenters. The van der Waals surface area contributed by atoms with Gasteiger partial charge in [0, 0.05) is 23.9 Å². The Morgan fingerprint density at radius 2 is 2.06 bits per heavy atom. The summed E-state index contributed by atoms with van der Waals surface area (Å²) in [7, 11) is 0. The molecule has 0 aromatic carbocycles. The van der Waals surface area contributed by atoms with Gasteiger partial charge in [-0.05, 0) is 49.7 Å². The molecular formula is C15H21NO. The first-order valence-electron chi connectivity index (χ1n) is 6.54. The Kier molecular flexibility index (Phi) is 3.60. The predicted molar refractivity (Wildman–Crippen MR) is 69.0 cm³/mol. The van der Waals surface area contributed by atoms with Gasteiger partial charge in [-0.25, -0.2) is 0 Å². The summed E-state index contributed by atoms with van der Waals surface area (Å²) >= 11 is 0. The highest BCUT2D eigenvalue weighted by atomic mass is 16.1. The molecule has 0 aliphatic heterocycles. The van der Waals surface area contributed by atoms with Crippen LogP contribution in [0.5, 0.6) is 0 Å². The van der Waals surface area contributed by atoms with Gasteiger partial charge in [0.2, 0.25) is 0 Å². The number of aromatic nitrogens is 1. The molecular weight excluding hydrogens is 210 g/mol. The van der Waals surface area contributed by atoms with Crippen LogP contribution in [0.15, 0.2) is 18.5 Å². The van der Waals surface area contributed by atoms with Gasteiger partial charge < -0.3 is 0 Å². The average Bonchev–Trinajstić information content (AvgIpc) is 2.32. The number of aryl methyl sites for hydroxylation is 1. The van der Waals surface area contributed by atoms with Gasteiger partial charge in [0.15, 0.2) is 5.78 Å². The molecule has 0 bridgehead atoms. The maximum atomic E-state index is 12.4. The summed E-state index contributed by atoms with van der Waals surface area (Å²) in [5.41, 5.74) is 1.87. The van der Waals surface area contributed by atoms with Crippen LogP contribution in [0.25, 0.3) is 0 Å². The van der Waals surface area contributed by atoms with Gasteiger partial charge in [-0.15, -0.1) is 0 Å². The summed E-state index contributed by atoms with van der Waals surface area (Å²) < 4.78 is 0. The monoisotopic (exact) mass is 231 g/mol. The third kappa shape index (κ3) is 2.56. The number of carbonyl (C=O) groups excluding carboxylic acids is 1. The van der Waals surface area contributed by atoms with E-state index < -0.39 is 0 Å². The first-order valence-corrected chi connectivity index (χ1v) is 6.54. The van der Waals surface area contributed by atoms with Crippen molar-refractivity contribution in [2.75, 3.05) is 0 Å². The first kappa shape index (κ1) is 12.3. The summed E-state index contributed by atoms with van der Waals surface area (Å²) in [6, 6.07) is 1.86. The van der Waals surface area contributed by atoms with Gasteiger partial charge in [-0.2, -0.15) is 0 Å². The van der Waals surface area contributed by atoms with E-state index in [1.54, 1.807) is 12.4 Å². The molecule has 2 heteroatoms. The zero-order valence-electron chi connectivity index (χ0n) is 10.9. The van der Waals surface area contributed by atoms with E-state index in [-0.39, 0.29) is 5.92 Å². The van der Waals surface area contributed by atoms with E-state index in [1.165, 1.54) is 6.42 Å². The number of nitrogens with zero attached hydrogens (tertiary/aromatic N) is 1. The van der Waals surface area contributed by atoms with Crippen LogP contribution >= 0.6 is 0 Å². The van der Waals surface area contributed by atoms with Crippen LogP contribution in [0.2, 0.25) is 0 Å². The van der Waals surface area contributed by atoms with Crippen LogP contribution in [0.3, 0.4) is 0 Å². The van der Waals surface area contributed by atoms with Gasteiger partial charge in [0.05, 0.1) is 0 Å². The van der Waals surface area contributed by atoms with Crippen molar-refractivity contribution >= 4 is 5.78 Å². The van der Waals surface area contributed by atoms with Gasteiger partial charge in [-0.3, -0.25) is 9.78 Å². The molecule has 92 valence electrons. The topological polar surface area (TPSA) is 30.0 Å². The van der Waals surface area contributed by atoms with E-state index >= 15 is 0 Å². The van der Waals surface area contributed by atoms with E-state index in [0.717, 1.165) is 29.9 Å². The highest BCUT2D eigenvalue weighted by Crippen LogP contribution is 2.35. The van der Waals surface area contributed by atoms with Crippen molar-refractivity contribution in [3.05, 3.63) is 29.6 Å². The van der Waals surface area contributed by atoms with Crippen molar-refractivity contribution in [2.45, 2.75) is 40.0 Å². The maximum absolute atomic E-state index is 12.4. The van der Waals surface area contributed by atoms with Crippen LogP contribution in [-0.4, -0.2) is 10.8 Å². The van der Waals surface area contributed by atoms with Crippen LogP contribution in [0.1, 0.15) is 49.0 Å². The Morgan fingerprint density at radius 1 is 1.29 bits per heavy atom. The molecule has 1 aliphatic rings. The van der Waals surface area contributed by atoms with Crippen LogP contribution in [-0.2, 0) is 0 Å². The number of rotatable bonds is 2. The van der Waals surface area contributed by atoms with E-state index in [9.17, 15) is 4.79 Å². The number of carbonyl (C=O) groups is 1. The molecule has 0 saturated heterocycles. The Morgan fingerprint density at radius 3 is 2.71 bits per heavy atom. The predicted octanol–water partition coefficient (Wildman–Crippen LogP) is 3.65. The Hall–Kier alpha value is -1.18. The van der Waals surface area contributed by atoms with Gasteiger partial charge >= 0.3 is 0 Å². The third-order valence-electron chi connectivity index (χ3n) is 4.25. The van der Waals surface area contributed by atoms with Crippen molar-refractivity contribution in [3.8, 4) is 0 Å². The van der Waals surface area contributed by atoms with E-state index in [0.29, 0.717) is 11.7 Å². The van der Waals surface area contributed by atoms with E-state index in [2.05, 4.69) is 18.8 Å². The summed E-state index contributed by atoms with van der Waals surface area (Å²) in [5.74, 6) is 1.98. The Bertz CT molecular complexity index is 413. The molecule has 3 unspecified atom stereocenters. The fourth-order valence-corrected chi connectivity index (χ4v) is 2.76. The van der Waals surface area contributed by atoms with Crippen molar-refractivity contribution < 1.29 is 4.79 Å². The summed E-state index contributed by atoms with van der Waals surface area (Å²) in [4.78, 5) is 16.5. The highest BCUT2D eigenvalue weighted by Gasteiger charge is 2.30. The quantitative estimate of drug-likeness (QED) is 0.727. The largest absolute Gasteiger partial charge is 0.294 e. The minimum Gasteiger partial charge on any atom is -0.294 e. The van der Waals surface area contributed by atoms with Crippen molar-refractivity contribution in [2.24, 2.45) is 17.8 Å². The van der Waals surface area contributed by atoms with Gasteiger partial charge in [-0.1, -0.05) is 13.8 Å². The lowest BCUT2D eigenvalue weighted by molar-refractivity contribution is 0.0837. The molecule has 0 spiro atoms. The normalized spacial score (nSPS) is 29.0. The second-order valence-corrected chi connectivity index (χ2v) is 5.52. The fraction of sp³-hybridized carbons (Fsp3) is 0.600. The maximum Gasteiger partial charge on any atom is 0.166 e. The number of ketones is 1.